The molecule has 0 spiro atoms. The Kier molecular flexibility index (Phi) is 2.26. The molecular formula is C7H5F2N3. The van der Waals surface area contributed by atoms with Crippen molar-refractivity contribution in [2.75, 3.05) is 0 Å². The molecule has 0 aromatic heterocycles. The molecule has 1 aromatic carbocycles. The number of nitrogens with zero attached hydrogens (tertiary/aromatic N) is 3. The summed E-state index contributed by atoms with van der Waals surface area (Å²) in [5, 5.41) is 3.13. The Hall–Kier alpha value is -1.61. The summed E-state index contributed by atoms with van der Waals surface area (Å²) in [5.41, 5.74) is 8.17. The van der Waals surface area contributed by atoms with Gasteiger partial charge in [-0.15, -0.1) is 0 Å². The van der Waals surface area contributed by atoms with E-state index in [0.29, 0.717) is 0 Å². The fourth-order valence-corrected chi connectivity index (χ4v) is 0.784. The van der Waals surface area contributed by atoms with Crippen molar-refractivity contribution in [1.29, 1.82) is 0 Å². The van der Waals surface area contributed by atoms with E-state index in [1.54, 1.807) is 0 Å². The molecule has 0 heterocycles. The Balaban J connectivity index is 3.36. The van der Waals surface area contributed by atoms with E-state index in [-0.39, 0.29) is 11.3 Å². The molecule has 0 amide bonds. The lowest BCUT2D eigenvalue weighted by atomic mass is 10.2. The van der Waals surface area contributed by atoms with Gasteiger partial charge in [0.15, 0.2) is 0 Å². The van der Waals surface area contributed by atoms with Gasteiger partial charge in [-0.1, -0.05) is 5.11 Å². The minimum absolute atomic E-state index is 0.0185. The smallest absolute Gasteiger partial charge is 0.129 e. The van der Waals surface area contributed by atoms with E-state index in [1.165, 1.54) is 6.92 Å². The predicted molar refractivity (Wildman–Crippen MR) is 39.9 cm³/mol. The van der Waals surface area contributed by atoms with Gasteiger partial charge in [0.1, 0.15) is 11.6 Å². The zero-order valence-electron chi connectivity index (χ0n) is 6.25. The van der Waals surface area contributed by atoms with Crippen LogP contribution in [0.4, 0.5) is 14.5 Å². The van der Waals surface area contributed by atoms with Gasteiger partial charge in [-0.05, 0) is 24.1 Å². The van der Waals surface area contributed by atoms with E-state index in [1.807, 2.05) is 0 Å². The maximum atomic E-state index is 12.7. The minimum Gasteiger partial charge on any atom is -0.207 e. The molecule has 0 unspecified atom stereocenters. The maximum absolute atomic E-state index is 12.7. The second-order valence-corrected chi connectivity index (χ2v) is 2.22. The topological polar surface area (TPSA) is 48.8 Å². The van der Waals surface area contributed by atoms with Crippen LogP contribution >= 0.6 is 0 Å². The summed E-state index contributed by atoms with van der Waals surface area (Å²) >= 11 is 0. The van der Waals surface area contributed by atoms with Crippen LogP contribution in [0.2, 0.25) is 0 Å². The van der Waals surface area contributed by atoms with Crippen LogP contribution in [0.15, 0.2) is 17.2 Å². The zero-order valence-corrected chi connectivity index (χ0v) is 6.25. The molecule has 12 heavy (non-hydrogen) atoms. The van der Waals surface area contributed by atoms with Gasteiger partial charge < -0.3 is 0 Å². The van der Waals surface area contributed by atoms with E-state index in [2.05, 4.69) is 10.0 Å². The quantitative estimate of drug-likeness (QED) is 0.352. The lowest BCUT2D eigenvalue weighted by Gasteiger charge is -1.99. The fourth-order valence-electron chi connectivity index (χ4n) is 0.784. The third-order valence-corrected chi connectivity index (χ3v) is 1.43. The monoisotopic (exact) mass is 169 g/mol. The number of rotatable bonds is 1. The van der Waals surface area contributed by atoms with Gasteiger partial charge in [-0.25, -0.2) is 8.78 Å². The SMILES string of the molecule is Cc1c(F)cc(F)cc1N=[N+]=[N-]. The van der Waals surface area contributed by atoms with Gasteiger partial charge in [0.2, 0.25) is 0 Å². The third kappa shape index (κ3) is 1.52. The van der Waals surface area contributed by atoms with Gasteiger partial charge in [0, 0.05) is 16.7 Å². The predicted octanol–water partition coefficient (Wildman–Crippen LogP) is 3.22. The highest BCUT2D eigenvalue weighted by Gasteiger charge is 2.04. The van der Waals surface area contributed by atoms with Crippen LogP contribution in [0.1, 0.15) is 5.56 Å². The van der Waals surface area contributed by atoms with Crippen molar-refractivity contribution in [3.8, 4) is 0 Å². The number of azide groups is 1. The van der Waals surface area contributed by atoms with E-state index in [4.69, 9.17) is 5.53 Å². The average molecular weight is 169 g/mol. The van der Waals surface area contributed by atoms with Crippen molar-refractivity contribution in [3.05, 3.63) is 39.8 Å². The van der Waals surface area contributed by atoms with E-state index in [0.717, 1.165) is 12.1 Å². The summed E-state index contributed by atoms with van der Waals surface area (Å²) in [7, 11) is 0. The Morgan fingerprint density at radius 1 is 1.42 bits per heavy atom. The Labute approximate surface area is 67.3 Å². The summed E-state index contributed by atoms with van der Waals surface area (Å²) in [4.78, 5) is 2.44. The molecule has 0 bridgehead atoms. The molecule has 0 aliphatic rings. The molecule has 0 N–H and O–H groups in total. The number of hydrogen-bond acceptors (Lipinski definition) is 1. The molecule has 0 atom stereocenters. The largest absolute Gasteiger partial charge is 0.207 e. The molecular weight excluding hydrogens is 164 g/mol. The van der Waals surface area contributed by atoms with Crippen molar-refractivity contribution in [1.82, 2.24) is 0 Å². The van der Waals surface area contributed by atoms with Crippen LogP contribution in [-0.4, -0.2) is 0 Å². The molecule has 0 fully saturated rings. The molecule has 1 rings (SSSR count). The Morgan fingerprint density at radius 3 is 2.67 bits per heavy atom. The van der Waals surface area contributed by atoms with E-state index in [9.17, 15) is 8.78 Å². The first-order valence-corrected chi connectivity index (χ1v) is 3.16. The summed E-state index contributed by atoms with van der Waals surface area (Å²) in [6.45, 7) is 1.42. The average Bonchev–Trinajstić information content (AvgIpc) is 2.00. The third-order valence-electron chi connectivity index (χ3n) is 1.43. The van der Waals surface area contributed by atoms with Crippen LogP contribution in [0.3, 0.4) is 0 Å². The molecule has 1 aromatic rings. The normalized spacial score (nSPS) is 9.25. The molecule has 0 aliphatic heterocycles. The van der Waals surface area contributed by atoms with Crippen LogP contribution in [0, 0.1) is 18.6 Å². The molecule has 3 nitrogen and oxygen atoms in total. The molecule has 0 radical (unpaired) electrons. The molecule has 0 saturated carbocycles. The second-order valence-electron chi connectivity index (χ2n) is 2.22. The summed E-state index contributed by atoms with van der Waals surface area (Å²) in [6, 6.07) is 1.73. The fraction of sp³-hybridized carbons (Fsp3) is 0.143. The number of benzene rings is 1. The second kappa shape index (κ2) is 3.19. The van der Waals surface area contributed by atoms with Crippen molar-refractivity contribution < 1.29 is 8.78 Å². The van der Waals surface area contributed by atoms with Crippen molar-refractivity contribution >= 4 is 5.69 Å². The molecule has 5 heteroatoms. The van der Waals surface area contributed by atoms with Crippen LogP contribution in [-0.2, 0) is 0 Å². The summed E-state index contributed by atoms with van der Waals surface area (Å²) < 4.78 is 25.2. The maximum Gasteiger partial charge on any atom is 0.129 e. The van der Waals surface area contributed by atoms with Gasteiger partial charge in [0.05, 0.1) is 0 Å². The number of hydrogen-bond donors (Lipinski definition) is 0. The van der Waals surface area contributed by atoms with Gasteiger partial charge in [0.25, 0.3) is 0 Å². The highest BCUT2D eigenvalue weighted by molar-refractivity contribution is 5.45. The van der Waals surface area contributed by atoms with E-state index >= 15 is 0 Å². The lowest BCUT2D eigenvalue weighted by Crippen LogP contribution is -1.84. The first-order chi connectivity index (χ1) is 5.65. The molecule has 0 saturated heterocycles. The minimum atomic E-state index is -0.750. The standard InChI is InChI=1S/C7H5F2N3/c1-4-6(9)2-5(8)3-7(4)11-12-10/h2-3H,1H3. The van der Waals surface area contributed by atoms with Gasteiger partial charge in [-0.2, -0.15) is 0 Å². The first kappa shape index (κ1) is 8.49. The summed E-state index contributed by atoms with van der Waals surface area (Å²) in [5.74, 6) is -1.46. The Morgan fingerprint density at radius 2 is 2.08 bits per heavy atom. The van der Waals surface area contributed by atoms with Crippen LogP contribution in [0.25, 0.3) is 10.4 Å². The summed E-state index contributed by atoms with van der Waals surface area (Å²) in [6.07, 6.45) is 0. The van der Waals surface area contributed by atoms with Gasteiger partial charge >= 0.3 is 0 Å². The van der Waals surface area contributed by atoms with Crippen LogP contribution < -0.4 is 0 Å². The van der Waals surface area contributed by atoms with E-state index < -0.39 is 11.6 Å². The Bertz CT molecular complexity index is 356. The van der Waals surface area contributed by atoms with Crippen molar-refractivity contribution in [2.45, 2.75) is 6.92 Å². The zero-order chi connectivity index (χ0) is 9.14. The van der Waals surface area contributed by atoms with Crippen molar-refractivity contribution in [2.24, 2.45) is 5.11 Å². The van der Waals surface area contributed by atoms with Crippen molar-refractivity contribution in [3.63, 3.8) is 0 Å². The van der Waals surface area contributed by atoms with Gasteiger partial charge in [-0.3, -0.25) is 0 Å². The highest BCUT2D eigenvalue weighted by Crippen LogP contribution is 2.22. The lowest BCUT2D eigenvalue weighted by molar-refractivity contribution is 0.578. The molecule has 0 aliphatic carbocycles. The number of halogens is 2. The first-order valence-electron chi connectivity index (χ1n) is 3.16. The highest BCUT2D eigenvalue weighted by atomic mass is 19.1. The van der Waals surface area contributed by atoms with Crippen LogP contribution in [0.5, 0.6) is 0 Å². The molecule has 62 valence electrons.